The van der Waals surface area contributed by atoms with Gasteiger partial charge in [0, 0.05) is 0 Å². The highest BCUT2D eigenvalue weighted by Gasteiger charge is 2.48. The third-order valence-electron chi connectivity index (χ3n) is 2.41. The van der Waals surface area contributed by atoms with Crippen molar-refractivity contribution in [3.63, 3.8) is 0 Å². The van der Waals surface area contributed by atoms with Gasteiger partial charge in [-0.05, 0) is 13.3 Å². The minimum atomic E-state index is -1.42. The van der Waals surface area contributed by atoms with Crippen molar-refractivity contribution < 1.29 is 4.52 Å². The van der Waals surface area contributed by atoms with Gasteiger partial charge in [-0.15, -0.1) is 11.6 Å². The second-order valence-corrected chi connectivity index (χ2v) is 8.29. The van der Waals surface area contributed by atoms with E-state index in [4.69, 9.17) is 27.7 Å². The minimum Gasteiger partial charge on any atom is -0.229 e. The van der Waals surface area contributed by atoms with Crippen LogP contribution >= 0.6 is 30.7 Å². The minimum absolute atomic E-state index is 0. The molecule has 13 heavy (non-hydrogen) atoms. The van der Waals surface area contributed by atoms with Crippen LogP contribution in [0.5, 0.6) is 0 Å². The largest absolute Gasteiger partial charge is 0.229 e. The lowest BCUT2D eigenvalue weighted by Crippen LogP contribution is -2.39. The summed E-state index contributed by atoms with van der Waals surface area (Å²) in [6, 6.07) is 0. The zero-order valence-electron chi connectivity index (χ0n) is 8.47. The molecule has 0 aliphatic carbocycles. The molecule has 4 heteroatoms. The summed E-state index contributed by atoms with van der Waals surface area (Å²) < 4.78 is 5.87. The molecule has 2 unspecified atom stereocenters. The monoisotopic (exact) mass is 241 g/mol. The van der Waals surface area contributed by atoms with Gasteiger partial charge in [-0.3, -0.25) is 0 Å². The summed E-state index contributed by atoms with van der Waals surface area (Å²) in [5, 5.41) is 0.758. The summed E-state index contributed by atoms with van der Waals surface area (Å²) in [6.45, 7) is 8.21. The molecule has 0 saturated carbocycles. The lowest BCUT2D eigenvalue weighted by Gasteiger charge is -2.36. The van der Waals surface area contributed by atoms with E-state index in [-0.39, 0.29) is 6.10 Å². The number of alkyl halides is 1. The van der Waals surface area contributed by atoms with Crippen molar-refractivity contribution in [1.29, 1.82) is 0 Å². The zero-order chi connectivity index (χ0) is 10.3. The van der Waals surface area contributed by atoms with Crippen LogP contribution < -0.4 is 0 Å². The molecule has 0 saturated heterocycles. The highest BCUT2D eigenvalue weighted by Crippen LogP contribution is 2.63. The van der Waals surface area contributed by atoms with Crippen LogP contribution in [0.4, 0.5) is 0 Å². The van der Waals surface area contributed by atoms with Gasteiger partial charge in [-0.1, -0.05) is 18.5 Å². The van der Waals surface area contributed by atoms with Crippen molar-refractivity contribution in [3.8, 4) is 0 Å². The fraction of sp³-hybridized carbons (Fsp3) is 0.778. The summed E-state index contributed by atoms with van der Waals surface area (Å²) in [5.74, 6) is 2.01. The van der Waals surface area contributed by atoms with Gasteiger partial charge in [0.05, 0.1) is 18.4 Å². The number of hydrogen-bond donors (Lipinski definition) is 0. The van der Waals surface area contributed by atoms with E-state index in [0.717, 1.165) is 11.5 Å². The van der Waals surface area contributed by atoms with Gasteiger partial charge in [-0.25, -0.2) is 4.52 Å². The van der Waals surface area contributed by atoms with Crippen molar-refractivity contribution in [2.75, 3.05) is 13.3 Å². The number of hydrogen-bond acceptors (Lipinski definition) is 1. The fourth-order valence-corrected chi connectivity index (χ4v) is 4.61. The smallest absolute Gasteiger partial charge is 0.166 e. The maximum absolute atomic E-state index is 6.38. The van der Waals surface area contributed by atoms with Gasteiger partial charge >= 0.3 is 0 Å². The van der Waals surface area contributed by atoms with Crippen LogP contribution in [0.3, 0.4) is 0 Å². The van der Waals surface area contributed by atoms with Gasteiger partial charge in [0.1, 0.15) is 16.8 Å². The van der Waals surface area contributed by atoms with E-state index < -0.39 is 12.4 Å². The molecule has 1 aliphatic rings. The normalized spacial score (nSPS) is 38.6. The first kappa shape index (κ1) is 11.8. The Hall–Kier alpha value is 0.710. The maximum Gasteiger partial charge on any atom is 0.166 e. The van der Waals surface area contributed by atoms with E-state index in [9.17, 15) is 0 Å². The van der Waals surface area contributed by atoms with Gasteiger partial charge in [0.15, 0.2) is 7.49 Å². The van der Waals surface area contributed by atoms with E-state index >= 15 is 0 Å². The molecule has 0 amide bonds. The van der Waals surface area contributed by atoms with Gasteiger partial charge in [0.2, 0.25) is 0 Å². The predicted octanol–water partition coefficient (Wildman–Crippen LogP) is 4.07. The van der Waals surface area contributed by atoms with Crippen LogP contribution in [-0.4, -0.2) is 24.3 Å². The average Bonchev–Trinajstić information content (AvgIpc) is 1.98. The molecule has 1 rings (SSSR count). The number of halogens is 2. The molecule has 0 radical (unpaired) electrons. The molecule has 1 nitrogen and oxygen atoms in total. The van der Waals surface area contributed by atoms with Crippen molar-refractivity contribution in [2.24, 2.45) is 0 Å². The second kappa shape index (κ2) is 3.70. The van der Waals surface area contributed by atoms with Crippen molar-refractivity contribution in [1.82, 2.24) is 0 Å². The highest BCUT2D eigenvalue weighted by atomic mass is 35.5. The highest BCUT2D eigenvalue weighted by molar-refractivity contribution is 7.73. The SMILES string of the molecule is CCC1(Cl)C(Cl)=C[P+](C)(C)OC1C. The Morgan fingerprint density at radius 3 is 2.54 bits per heavy atom. The van der Waals surface area contributed by atoms with Gasteiger partial charge in [0.25, 0.3) is 0 Å². The Morgan fingerprint density at radius 2 is 2.15 bits per heavy atom. The molecule has 0 fully saturated rings. The first-order valence-electron chi connectivity index (χ1n) is 4.41. The van der Waals surface area contributed by atoms with Gasteiger partial charge in [-0.2, -0.15) is 0 Å². The molecular formula is C9H16Cl2OP+. The van der Waals surface area contributed by atoms with E-state index in [0.29, 0.717) is 0 Å². The third kappa shape index (κ3) is 2.21. The van der Waals surface area contributed by atoms with Crippen molar-refractivity contribution in [3.05, 3.63) is 10.8 Å². The van der Waals surface area contributed by atoms with E-state index in [1.54, 1.807) is 0 Å². The first-order chi connectivity index (χ1) is 5.82. The summed E-state index contributed by atoms with van der Waals surface area (Å²) in [4.78, 5) is -0.503. The van der Waals surface area contributed by atoms with Crippen LogP contribution in [0, 0.1) is 0 Å². The lowest BCUT2D eigenvalue weighted by molar-refractivity contribution is 0.197. The summed E-state index contributed by atoms with van der Waals surface area (Å²) in [6.07, 6.45) is 0.797. The molecule has 0 aromatic heterocycles. The standard InChI is InChI=1S/C9H16Cl2OP/c1-5-9(11)7(2)12-13(3,4)6-8(9)10/h6-7H,5H2,1-4H3/q+1. The summed E-state index contributed by atoms with van der Waals surface area (Å²) in [7, 11) is -1.42. The Kier molecular flexibility index (Phi) is 3.35. The average molecular weight is 242 g/mol. The van der Waals surface area contributed by atoms with Crippen molar-refractivity contribution in [2.45, 2.75) is 31.2 Å². The topological polar surface area (TPSA) is 9.23 Å². The summed E-state index contributed by atoms with van der Waals surface area (Å²) >= 11 is 12.6. The molecule has 0 N–H and O–H groups in total. The fourth-order valence-electron chi connectivity index (χ4n) is 1.55. The third-order valence-corrected chi connectivity index (χ3v) is 5.62. The zero-order valence-corrected chi connectivity index (χ0v) is 10.9. The first-order valence-corrected chi connectivity index (χ1v) is 7.84. The van der Waals surface area contributed by atoms with Crippen LogP contribution in [0.1, 0.15) is 20.3 Å². The molecule has 76 valence electrons. The lowest BCUT2D eigenvalue weighted by atomic mass is 9.99. The van der Waals surface area contributed by atoms with E-state index in [1.807, 2.05) is 19.7 Å². The molecule has 1 aliphatic heterocycles. The maximum atomic E-state index is 6.38. The van der Waals surface area contributed by atoms with Crippen LogP contribution in [0.15, 0.2) is 10.8 Å². The molecule has 0 spiro atoms. The van der Waals surface area contributed by atoms with E-state index in [1.165, 1.54) is 0 Å². The van der Waals surface area contributed by atoms with Gasteiger partial charge < -0.3 is 0 Å². The Labute approximate surface area is 90.9 Å². The van der Waals surface area contributed by atoms with E-state index in [2.05, 4.69) is 13.3 Å². The Bertz CT molecular complexity index is 240. The molecular weight excluding hydrogens is 226 g/mol. The number of rotatable bonds is 1. The quantitative estimate of drug-likeness (QED) is 0.497. The van der Waals surface area contributed by atoms with Crippen molar-refractivity contribution >= 4 is 30.7 Å². The summed E-state index contributed by atoms with van der Waals surface area (Å²) in [5.41, 5.74) is 0. The Balaban J connectivity index is 3.04. The molecule has 2 atom stereocenters. The molecule has 0 aromatic carbocycles. The molecule has 1 heterocycles. The van der Waals surface area contributed by atoms with Crippen LogP contribution in [-0.2, 0) is 4.52 Å². The molecule has 0 aromatic rings. The second-order valence-electron chi connectivity index (χ2n) is 3.87. The van der Waals surface area contributed by atoms with Crippen LogP contribution in [0.25, 0.3) is 0 Å². The predicted molar refractivity (Wildman–Crippen MR) is 62.1 cm³/mol. The van der Waals surface area contributed by atoms with Crippen LogP contribution in [0.2, 0.25) is 0 Å². The molecule has 0 bridgehead atoms. The Morgan fingerprint density at radius 1 is 1.62 bits per heavy atom.